The van der Waals surface area contributed by atoms with Crippen molar-refractivity contribution in [2.45, 2.75) is 32.4 Å². The zero-order valence-corrected chi connectivity index (χ0v) is 13.9. The second-order valence-corrected chi connectivity index (χ2v) is 6.69. The van der Waals surface area contributed by atoms with E-state index in [1.807, 2.05) is 13.1 Å². The van der Waals surface area contributed by atoms with Crippen LogP contribution in [-0.4, -0.2) is 41.5 Å². The van der Waals surface area contributed by atoms with Gasteiger partial charge < -0.3 is 14.5 Å². The highest BCUT2D eigenvalue weighted by Gasteiger charge is 2.34. The van der Waals surface area contributed by atoms with E-state index >= 15 is 0 Å². The molecule has 0 atom stereocenters. The molecule has 2 aliphatic heterocycles. The maximum atomic E-state index is 13.2. The molecular weight excluding hydrogens is 319 g/mol. The molecule has 4 nitrogen and oxygen atoms in total. The van der Waals surface area contributed by atoms with Crippen molar-refractivity contribution >= 4 is 5.90 Å². The van der Waals surface area contributed by atoms with Crippen molar-refractivity contribution in [3.8, 4) is 0 Å². The molecule has 0 saturated carbocycles. The molecule has 2 heterocycles. The van der Waals surface area contributed by atoms with Gasteiger partial charge in [0.1, 0.15) is 19.1 Å². The maximum Gasteiger partial charge on any atom is 0.214 e. The van der Waals surface area contributed by atoms with Crippen LogP contribution in [0.1, 0.15) is 25.8 Å². The van der Waals surface area contributed by atoms with Crippen LogP contribution in [0.15, 0.2) is 29.0 Å². The molecule has 130 valence electrons. The minimum absolute atomic E-state index is 0.0357. The van der Waals surface area contributed by atoms with Crippen molar-refractivity contribution in [2.75, 3.05) is 20.3 Å². The predicted molar refractivity (Wildman–Crippen MR) is 84.7 cm³/mol. The van der Waals surface area contributed by atoms with E-state index in [0.717, 1.165) is 30.9 Å². The van der Waals surface area contributed by atoms with Gasteiger partial charge in [-0.1, -0.05) is 0 Å². The van der Waals surface area contributed by atoms with E-state index in [4.69, 9.17) is 4.74 Å². The largest absolute Gasteiger partial charge is 0.473 e. The minimum atomic E-state index is -1.47. The van der Waals surface area contributed by atoms with Gasteiger partial charge in [-0.2, -0.15) is 0 Å². The number of fused-ring (bicyclic) bond motifs is 1. The van der Waals surface area contributed by atoms with Gasteiger partial charge in [-0.3, -0.25) is 0 Å². The number of halogens is 3. The number of hydrogen-bond donors (Lipinski definition) is 0. The molecule has 1 aromatic rings. The summed E-state index contributed by atoms with van der Waals surface area (Å²) in [5.74, 6) is -2.52. The molecule has 1 saturated heterocycles. The molecule has 0 bridgehead atoms. The Bertz CT molecular complexity index is 692. The van der Waals surface area contributed by atoms with Crippen LogP contribution in [0.4, 0.5) is 13.2 Å². The molecule has 1 aromatic carbocycles. The maximum absolute atomic E-state index is 13.2. The van der Waals surface area contributed by atoms with Crippen LogP contribution >= 0.6 is 0 Å². The van der Waals surface area contributed by atoms with Crippen molar-refractivity contribution in [2.24, 2.45) is 4.99 Å². The van der Waals surface area contributed by atoms with E-state index in [0.29, 0.717) is 12.6 Å². The summed E-state index contributed by atoms with van der Waals surface area (Å²) in [6.45, 7) is 5.65. The minimum Gasteiger partial charge on any atom is -0.473 e. The van der Waals surface area contributed by atoms with Crippen LogP contribution in [0.5, 0.6) is 0 Å². The summed E-state index contributed by atoms with van der Waals surface area (Å²) in [6, 6.07) is 1.86. The summed E-state index contributed by atoms with van der Waals surface area (Å²) in [7, 11) is 2.02. The van der Waals surface area contributed by atoms with Crippen molar-refractivity contribution in [1.82, 2.24) is 9.80 Å². The number of ether oxygens (including phenoxy) is 1. The molecule has 0 aromatic heterocycles. The fraction of sp³-hybridized carbons (Fsp3) is 0.471. The molecule has 0 amide bonds. The third kappa shape index (κ3) is 3.07. The number of aliphatic imine (C=N–C) groups is 1. The zero-order chi connectivity index (χ0) is 17.5. The normalized spacial score (nSPS) is 19.6. The van der Waals surface area contributed by atoms with Crippen LogP contribution in [0.3, 0.4) is 0 Å². The van der Waals surface area contributed by atoms with Crippen molar-refractivity contribution in [3.63, 3.8) is 0 Å². The van der Waals surface area contributed by atoms with E-state index in [1.54, 1.807) is 0 Å². The van der Waals surface area contributed by atoms with Crippen molar-refractivity contribution in [3.05, 3.63) is 47.0 Å². The highest BCUT2D eigenvalue weighted by molar-refractivity contribution is 5.88. The Morgan fingerprint density at radius 3 is 2.54 bits per heavy atom. The van der Waals surface area contributed by atoms with Gasteiger partial charge in [0.2, 0.25) is 5.90 Å². The van der Waals surface area contributed by atoms with Gasteiger partial charge in [-0.25, -0.2) is 18.2 Å². The van der Waals surface area contributed by atoms with Gasteiger partial charge >= 0.3 is 0 Å². The Balaban J connectivity index is 1.72. The van der Waals surface area contributed by atoms with Crippen LogP contribution in [0, 0.1) is 17.5 Å². The fourth-order valence-electron chi connectivity index (χ4n) is 2.79. The van der Waals surface area contributed by atoms with E-state index in [1.165, 1.54) is 0 Å². The summed E-state index contributed by atoms with van der Waals surface area (Å²) in [5.41, 5.74) is 0.251. The number of hydrogen-bond acceptors (Lipinski definition) is 4. The van der Waals surface area contributed by atoms with Crippen molar-refractivity contribution in [1.29, 1.82) is 0 Å². The average Bonchev–Trinajstić information content (AvgIpc) is 2.54. The first-order chi connectivity index (χ1) is 11.3. The predicted octanol–water partition coefficient (Wildman–Crippen LogP) is 3.25. The monoisotopic (exact) mass is 339 g/mol. The number of nitrogens with zero attached hydrogens (tertiary/aromatic N) is 3. The smallest absolute Gasteiger partial charge is 0.214 e. The number of rotatable bonds is 2. The van der Waals surface area contributed by atoms with Gasteiger partial charge in [-0.15, -0.1) is 0 Å². The second-order valence-electron chi connectivity index (χ2n) is 6.69. The molecule has 0 aliphatic carbocycles. The first kappa shape index (κ1) is 16.7. The van der Waals surface area contributed by atoms with Gasteiger partial charge in [0, 0.05) is 25.2 Å². The molecule has 2 aliphatic rings. The third-order valence-corrected chi connectivity index (χ3v) is 4.65. The summed E-state index contributed by atoms with van der Waals surface area (Å²) in [6.07, 6.45) is 2.85. The van der Waals surface area contributed by atoms with Gasteiger partial charge in [0.15, 0.2) is 17.5 Å². The Morgan fingerprint density at radius 1 is 1.21 bits per heavy atom. The molecule has 24 heavy (non-hydrogen) atoms. The highest BCUT2D eigenvalue weighted by Crippen LogP contribution is 2.31. The summed E-state index contributed by atoms with van der Waals surface area (Å²) in [5, 5.41) is 0. The van der Waals surface area contributed by atoms with E-state index < -0.39 is 17.5 Å². The lowest BCUT2D eigenvalue weighted by atomic mass is 9.95. The zero-order valence-electron chi connectivity index (χ0n) is 13.9. The van der Waals surface area contributed by atoms with E-state index in [2.05, 4.69) is 28.6 Å². The summed E-state index contributed by atoms with van der Waals surface area (Å²) in [4.78, 5) is 8.65. The Labute approximate surface area is 139 Å². The lowest BCUT2D eigenvalue weighted by Gasteiger charge is -2.49. The highest BCUT2D eigenvalue weighted by atomic mass is 19.2. The third-order valence-electron chi connectivity index (χ3n) is 4.65. The lowest BCUT2D eigenvalue weighted by Crippen LogP contribution is -2.53. The topological polar surface area (TPSA) is 28.1 Å². The second kappa shape index (κ2) is 6.03. The molecule has 0 N–H and O–H groups in total. The fourth-order valence-corrected chi connectivity index (χ4v) is 2.79. The number of benzene rings is 1. The van der Waals surface area contributed by atoms with Crippen LogP contribution < -0.4 is 0 Å². The molecular formula is C17H20F3N3O. The molecule has 1 fully saturated rings. The summed E-state index contributed by atoms with van der Waals surface area (Å²) < 4.78 is 45.0. The van der Waals surface area contributed by atoms with Gasteiger partial charge in [0.25, 0.3) is 0 Å². The lowest BCUT2D eigenvalue weighted by molar-refractivity contribution is 0.0699. The standard InChI is InChI=1S/C17H20F3N3O/c1-17(2)4-5-23-10-21-14(8-15(23)22(17)3)24-9-11-6-12(18)16(20)13(19)7-11/h6-8H,4-5,9-10H2,1-3H3. The van der Waals surface area contributed by atoms with Crippen LogP contribution in [0.25, 0.3) is 0 Å². The quantitative estimate of drug-likeness (QED) is 0.775. The van der Waals surface area contributed by atoms with Crippen molar-refractivity contribution < 1.29 is 17.9 Å². The SMILES string of the molecule is CN1C2=CC(OCc3cc(F)c(F)c(F)c3)=NCN2CCC1(C)C. The first-order valence-electron chi connectivity index (χ1n) is 7.79. The van der Waals surface area contributed by atoms with Gasteiger partial charge in [-0.05, 0) is 38.0 Å². The first-order valence-corrected chi connectivity index (χ1v) is 7.79. The molecule has 7 heteroatoms. The molecule has 0 spiro atoms. The Hall–Kier alpha value is -2.18. The van der Waals surface area contributed by atoms with E-state index in [-0.39, 0.29) is 17.7 Å². The molecule has 0 radical (unpaired) electrons. The molecule has 3 rings (SSSR count). The van der Waals surface area contributed by atoms with Crippen LogP contribution in [-0.2, 0) is 11.3 Å². The molecule has 0 unspecified atom stereocenters. The van der Waals surface area contributed by atoms with Gasteiger partial charge in [0.05, 0.1) is 0 Å². The Morgan fingerprint density at radius 2 is 1.88 bits per heavy atom. The average molecular weight is 339 g/mol. The van der Waals surface area contributed by atoms with Crippen LogP contribution in [0.2, 0.25) is 0 Å². The van der Waals surface area contributed by atoms with E-state index in [9.17, 15) is 13.2 Å². The Kier molecular flexibility index (Phi) is 4.19. The summed E-state index contributed by atoms with van der Waals surface area (Å²) >= 11 is 0.